The van der Waals surface area contributed by atoms with Crippen LogP contribution in [0.5, 0.6) is 0 Å². The van der Waals surface area contributed by atoms with E-state index in [4.69, 9.17) is 14.9 Å². The molecule has 0 aromatic carbocycles. The maximum atomic E-state index is 10.6. The van der Waals surface area contributed by atoms with Crippen molar-refractivity contribution in [1.29, 1.82) is 0 Å². The summed E-state index contributed by atoms with van der Waals surface area (Å²) < 4.78 is 10.3. The van der Waals surface area contributed by atoms with Gasteiger partial charge in [-0.3, -0.25) is 10.1 Å². The van der Waals surface area contributed by atoms with Gasteiger partial charge in [-0.2, -0.15) is 4.98 Å². The zero-order valence-electron chi connectivity index (χ0n) is 10.6. The summed E-state index contributed by atoms with van der Waals surface area (Å²) in [6.45, 7) is 0.313. The van der Waals surface area contributed by atoms with E-state index in [9.17, 15) is 10.1 Å². The van der Waals surface area contributed by atoms with Crippen LogP contribution in [0.15, 0.2) is 29.0 Å². The van der Waals surface area contributed by atoms with Gasteiger partial charge in [-0.25, -0.2) is 4.98 Å². The van der Waals surface area contributed by atoms with E-state index in [2.05, 4.69) is 15.3 Å². The molecule has 0 aliphatic rings. The fourth-order valence-corrected chi connectivity index (χ4v) is 1.61. The first-order valence-corrected chi connectivity index (χ1v) is 5.67. The Morgan fingerprint density at radius 3 is 3.00 bits per heavy atom. The molecule has 0 amide bonds. The zero-order chi connectivity index (χ0) is 14.5. The summed E-state index contributed by atoms with van der Waals surface area (Å²) in [4.78, 5) is 17.7. The third-order valence-electron chi connectivity index (χ3n) is 2.52. The summed E-state index contributed by atoms with van der Waals surface area (Å²) in [5.41, 5.74) is 5.17. The molecule has 0 radical (unpaired) electrons. The molecule has 0 bridgehead atoms. The van der Waals surface area contributed by atoms with E-state index < -0.39 is 4.92 Å². The van der Waals surface area contributed by atoms with Crippen LogP contribution in [0, 0.1) is 10.1 Å². The Balaban J connectivity index is 2.19. The van der Waals surface area contributed by atoms with Crippen molar-refractivity contribution >= 4 is 17.5 Å². The van der Waals surface area contributed by atoms with Crippen molar-refractivity contribution in [1.82, 2.24) is 9.97 Å². The van der Waals surface area contributed by atoms with Gasteiger partial charge in [0.25, 0.3) is 0 Å². The molecule has 2 heterocycles. The van der Waals surface area contributed by atoms with Crippen LogP contribution < -0.4 is 11.1 Å². The van der Waals surface area contributed by atoms with E-state index >= 15 is 0 Å². The van der Waals surface area contributed by atoms with Crippen molar-refractivity contribution in [2.75, 3.05) is 24.8 Å². The highest BCUT2D eigenvalue weighted by atomic mass is 16.6. The smallest absolute Gasteiger partial charge is 0.329 e. The number of hydrogen-bond donors (Lipinski definition) is 2. The summed E-state index contributed by atoms with van der Waals surface area (Å²) in [5.74, 6) is 0.585. The van der Waals surface area contributed by atoms with E-state index in [1.807, 2.05) is 0 Å². The number of methoxy groups -OCH3 is 1. The maximum Gasteiger partial charge on any atom is 0.329 e. The second-order valence-electron chi connectivity index (χ2n) is 3.89. The number of nitrogens with one attached hydrogen (secondary N) is 1. The maximum absolute atomic E-state index is 10.6. The van der Waals surface area contributed by atoms with Crippen LogP contribution in [0.3, 0.4) is 0 Å². The van der Waals surface area contributed by atoms with Crippen LogP contribution in [0.25, 0.3) is 0 Å². The standard InChI is InChI=1S/C11H13N5O4/c1-19-6-7(9-3-2-4-20-9)14-11-13-5-8(16(17)18)10(12)15-11/h2-5,7H,6H2,1H3,(H3,12,13,14,15). The summed E-state index contributed by atoms with van der Waals surface area (Å²) in [6, 6.07) is 3.19. The number of nitro groups is 1. The summed E-state index contributed by atoms with van der Waals surface area (Å²) in [5, 5.41) is 13.6. The predicted octanol–water partition coefficient (Wildman–Crippen LogP) is 1.36. The highest BCUT2D eigenvalue weighted by Crippen LogP contribution is 2.22. The molecule has 1 atom stereocenters. The summed E-state index contributed by atoms with van der Waals surface area (Å²) in [6.07, 6.45) is 2.58. The number of nitrogen functional groups attached to an aromatic ring is 1. The third-order valence-corrected chi connectivity index (χ3v) is 2.52. The molecule has 20 heavy (non-hydrogen) atoms. The number of furan rings is 1. The van der Waals surface area contributed by atoms with E-state index in [1.54, 1.807) is 19.2 Å². The lowest BCUT2D eigenvalue weighted by Crippen LogP contribution is -2.17. The van der Waals surface area contributed by atoms with Gasteiger partial charge < -0.3 is 20.2 Å². The number of hydrogen-bond acceptors (Lipinski definition) is 8. The number of ether oxygens (including phenoxy) is 1. The molecule has 0 fully saturated rings. The molecule has 0 aliphatic heterocycles. The van der Waals surface area contributed by atoms with Gasteiger partial charge in [0.05, 0.1) is 17.8 Å². The van der Waals surface area contributed by atoms with Gasteiger partial charge >= 0.3 is 5.69 Å². The molecule has 106 valence electrons. The molecular formula is C11H13N5O4. The molecule has 0 saturated heterocycles. The van der Waals surface area contributed by atoms with Crippen molar-refractivity contribution in [3.8, 4) is 0 Å². The van der Waals surface area contributed by atoms with Crippen LogP contribution in [-0.4, -0.2) is 28.6 Å². The van der Waals surface area contributed by atoms with Gasteiger partial charge in [0.15, 0.2) is 0 Å². The largest absolute Gasteiger partial charge is 0.467 e. The first kappa shape index (κ1) is 13.7. The first-order chi connectivity index (χ1) is 9.61. The van der Waals surface area contributed by atoms with E-state index in [-0.39, 0.29) is 23.5 Å². The average Bonchev–Trinajstić information content (AvgIpc) is 2.91. The molecule has 0 saturated carbocycles. The number of nitrogens with two attached hydrogens (primary N) is 1. The molecule has 9 nitrogen and oxygen atoms in total. The number of nitrogens with zero attached hydrogens (tertiary/aromatic N) is 3. The molecule has 1 unspecified atom stereocenters. The van der Waals surface area contributed by atoms with E-state index in [0.29, 0.717) is 12.4 Å². The van der Waals surface area contributed by atoms with Gasteiger partial charge in [-0.15, -0.1) is 0 Å². The van der Waals surface area contributed by atoms with Crippen LogP contribution in [0.2, 0.25) is 0 Å². The lowest BCUT2D eigenvalue weighted by atomic mass is 10.2. The van der Waals surface area contributed by atoms with Gasteiger partial charge in [0.2, 0.25) is 11.8 Å². The van der Waals surface area contributed by atoms with Gasteiger partial charge in [-0.1, -0.05) is 0 Å². The second-order valence-corrected chi connectivity index (χ2v) is 3.89. The Labute approximate surface area is 113 Å². The Bertz CT molecular complexity index is 587. The predicted molar refractivity (Wildman–Crippen MR) is 70.0 cm³/mol. The molecule has 0 spiro atoms. The van der Waals surface area contributed by atoms with Crippen LogP contribution in [0.1, 0.15) is 11.8 Å². The Hall–Kier alpha value is -2.68. The molecule has 2 aromatic heterocycles. The number of aromatic nitrogens is 2. The van der Waals surface area contributed by atoms with Gasteiger partial charge in [0.1, 0.15) is 18.0 Å². The fourth-order valence-electron chi connectivity index (χ4n) is 1.61. The highest BCUT2D eigenvalue weighted by Gasteiger charge is 2.18. The normalized spacial score (nSPS) is 12.1. The van der Waals surface area contributed by atoms with E-state index in [1.165, 1.54) is 6.26 Å². The van der Waals surface area contributed by atoms with Crippen LogP contribution in [0.4, 0.5) is 17.5 Å². The van der Waals surface area contributed by atoms with Crippen molar-refractivity contribution < 1.29 is 14.1 Å². The van der Waals surface area contributed by atoms with Gasteiger partial charge in [0, 0.05) is 7.11 Å². The number of anilines is 2. The molecule has 9 heteroatoms. The van der Waals surface area contributed by atoms with Crippen molar-refractivity contribution in [2.24, 2.45) is 0 Å². The molecule has 2 aromatic rings. The Kier molecular flexibility index (Phi) is 4.11. The van der Waals surface area contributed by atoms with Crippen molar-refractivity contribution in [3.05, 3.63) is 40.5 Å². The number of rotatable bonds is 6. The lowest BCUT2D eigenvalue weighted by Gasteiger charge is -2.15. The molecule has 0 aliphatic carbocycles. The molecular weight excluding hydrogens is 266 g/mol. The van der Waals surface area contributed by atoms with Crippen LogP contribution in [-0.2, 0) is 4.74 Å². The summed E-state index contributed by atoms with van der Waals surface area (Å²) in [7, 11) is 1.54. The molecule has 2 rings (SSSR count). The monoisotopic (exact) mass is 279 g/mol. The fraction of sp³-hybridized carbons (Fsp3) is 0.273. The Morgan fingerprint density at radius 2 is 2.45 bits per heavy atom. The quantitative estimate of drug-likeness (QED) is 0.598. The SMILES string of the molecule is COCC(Nc1ncc([N+](=O)[O-])c(N)n1)c1ccco1. The van der Waals surface area contributed by atoms with Crippen molar-refractivity contribution in [2.45, 2.75) is 6.04 Å². The first-order valence-electron chi connectivity index (χ1n) is 5.67. The second kappa shape index (κ2) is 5.97. The zero-order valence-corrected chi connectivity index (χ0v) is 10.6. The third kappa shape index (κ3) is 3.01. The van der Waals surface area contributed by atoms with E-state index in [0.717, 1.165) is 6.20 Å². The minimum Gasteiger partial charge on any atom is -0.467 e. The topological polar surface area (TPSA) is 129 Å². The minimum atomic E-state index is -0.641. The lowest BCUT2D eigenvalue weighted by molar-refractivity contribution is -0.384. The summed E-state index contributed by atoms with van der Waals surface area (Å²) >= 11 is 0. The van der Waals surface area contributed by atoms with Gasteiger partial charge in [-0.05, 0) is 12.1 Å². The Morgan fingerprint density at radius 1 is 1.65 bits per heavy atom. The van der Waals surface area contributed by atoms with Crippen LogP contribution >= 0.6 is 0 Å². The minimum absolute atomic E-state index is 0.159. The molecule has 3 N–H and O–H groups in total. The van der Waals surface area contributed by atoms with Crippen molar-refractivity contribution in [3.63, 3.8) is 0 Å². The highest BCUT2D eigenvalue weighted by molar-refractivity contribution is 5.53. The average molecular weight is 279 g/mol.